The molecular formula is C18H29N. The molecule has 2 rings (SSSR count). The third-order valence-electron chi connectivity index (χ3n) is 4.58. The SMILES string of the molecule is CC(C)Cc1cccc(C2CC(C)CCC2CN)c1. The van der Waals surface area contributed by atoms with Gasteiger partial charge in [-0.2, -0.15) is 0 Å². The molecule has 1 aliphatic rings. The Morgan fingerprint density at radius 1 is 1.26 bits per heavy atom. The molecule has 0 radical (unpaired) electrons. The molecule has 1 heteroatoms. The van der Waals surface area contributed by atoms with Gasteiger partial charge in [-0.25, -0.2) is 0 Å². The van der Waals surface area contributed by atoms with Gasteiger partial charge in [-0.15, -0.1) is 0 Å². The van der Waals surface area contributed by atoms with Gasteiger partial charge in [-0.3, -0.25) is 0 Å². The molecule has 0 saturated heterocycles. The molecule has 1 saturated carbocycles. The summed E-state index contributed by atoms with van der Waals surface area (Å²) in [5.41, 5.74) is 9.01. The van der Waals surface area contributed by atoms with Gasteiger partial charge >= 0.3 is 0 Å². The zero-order valence-electron chi connectivity index (χ0n) is 12.7. The second-order valence-corrected chi connectivity index (χ2v) is 6.86. The molecule has 2 N–H and O–H groups in total. The van der Waals surface area contributed by atoms with Gasteiger partial charge in [0, 0.05) is 0 Å². The normalized spacial score (nSPS) is 27.7. The van der Waals surface area contributed by atoms with Crippen LogP contribution in [0.1, 0.15) is 57.1 Å². The molecule has 1 aromatic carbocycles. The molecule has 106 valence electrons. The van der Waals surface area contributed by atoms with Crippen LogP contribution in [0.4, 0.5) is 0 Å². The van der Waals surface area contributed by atoms with Crippen LogP contribution in [0.5, 0.6) is 0 Å². The zero-order chi connectivity index (χ0) is 13.8. The van der Waals surface area contributed by atoms with E-state index in [4.69, 9.17) is 5.73 Å². The Labute approximate surface area is 118 Å². The van der Waals surface area contributed by atoms with Crippen LogP contribution in [0.25, 0.3) is 0 Å². The summed E-state index contributed by atoms with van der Waals surface area (Å²) in [6.45, 7) is 7.81. The first-order chi connectivity index (χ1) is 9.10. The maximum absolute atomic E-state index is 6.00. The van der Waals surface area contributed by atoms with Crippen LogP contribution in [-0.2, 0) is 6.42 Å². The molecule has 0 amide bonds. The predicted octanol–water partition coefficient (Wildman–Crippen LogP) is 4.36. The lowest BCUT2D eigenvalue weighted by Crippen LogP contribution is -2.28. The van der Waals surface area contributed by atoms with E-state index in [1.807, 2.05) is 0 Å². The molecule has 0 bridgehead atoms. The minimum Gasteiger partial charge on any atom is -0.330 e. The third kappa shape index (κ3) is 3.82. The van der Waals surface area contributed by atoms with Gasteiger partial charge in [0.2, 0.25) is 0 Å². The van der Waals surface area contributed by atoms with E-state index in [1.54, 1.807) is 0 Å². The van der Waals surface area contributed by atoms with E-state index >= 15 is 0 Å². The molecule has 0 spiro atoms. The maximum Gasteiger partial charge on any atom is -0.00430 e. The van der Waals surface area contributed by atoms with E-state index in [-0.39, 0.29) is 0 Å². The Bertz CT molecular complexity index is 396. The first-order valence-corrected chi connectivity index (χ1v) is 7.89. The summed E-state index contributed by atoms with van der Waals surface area (Å²) in [7, 11) is 0. The quantitative estimate of drug-likeness (QED) is 0.854. The maximum atomic E-state index is 6.00. The fourth-order valence-corrected chi connectivity index (χ4v) is 3.56. The fraction of sp³-hybridized carbons (Fsp3) is 0.667. The van der Waals surface area contributed by atoms with E-state index in [2.05, 4.69) is 45.0 Å². The summed E-state index contributed by atoms with van der Waals surface area (Å²) < 4.78 is 0. The Morgan fingerprint density at radius 3 is 2.74 bits per heavy atom. The second-order valence-electron chi connectivity index (χ2n) is 6.86. The molecular weight excluding hydrogens is 230 g/mol. The number of nitrogens with two attached hydrogens (primary N) is 1. The molecule has 0 aromatic heterocycles. The van der Waals surface area contributed by atoms with Crippen LogP contribution in [0.15, 0.2) is 24.3 Å². The van der Waals surface area contributed by atoms with Crippen LogP contribution in [-0.4, -0.2) is 6.54 Å². The van der Waals surface area contributed by atoms with Gasteiger partial charge < -0.3 is 5.73 Å². The van der Waals surface area contributed by atoms with Crippen molar-refractivity contribution in [2.75, 3.05) is 6.54 Å². The van der Waals surface area contributed by atoms with Crippen LogP contribution in [0.3, 0.4) is 0 Å². The zero-order valence-corrected chi connectivity index (χ0v) is 12.7. The highest BCUT2D eigenvalue weighted by atomic mass is 14.6. The highest BCUT2D eigenvalue weighted by Crippen LogP contribution is 2.40. The van der Waals surface area contributed by atoms with E-state index in [9.17, 15) is 0 Å². The minimum atomic E-state index is 0.681. The molecule has 1 fully saturated rings. The molecule has 3 atom stereocenters. The molecule has 0 heterocycles. The summed E-state index contributed by atoms with van der Waals surface area (Å²) in [5, 5.41) is 0. The van der Waals surface area contributed by atoms with Gasteiger partial charge in [0.15, 0.2) is 0 Å². The van der Waals surface area contributed by atoms with Gasteiger partial charge in [0.1, 0.15) is 0 Å². The first kappa shape index (κ1) is 14.6. The van der Waals surface area contributed by atoms with Gasteiger partial charge in [0.25, 0.3) is 0 Å². The van der Waals surface area contributed by atoms with Gasteiger partial charge in [0.05, 0.1) is 0 Å². The number of rotatable bonds is 4. The number of hydrogen-bond acceptors (Lipinski definition) is 1. The van der Waals surface area contributed by atoms with Crippen LogP contribution < -0.4 is 5.73 Å². The van der Waals surface area contributed by atoms with Crippen molar-refractivity contribution in [3.8, 4) is 0 Å². The average Bonchev–Trinajstić information content (AvgIpc) is 2.38. The van der Waals surface area contributed by atoms with Crippen molar-refractivity contribution in [2.45, 2.75) is 52.4 Å². The Hall–Kier alpha value is -0.820. The van der Waals surface area contributed by atoms with Crippen molar-refractivity contribution >= 4 is 0 Å². The van der Waals surface area contributed by atoms with Crippen molar-refractivity contribution < 1.29 is 0 Å². The monoisotopic (exact) mass is 259 g/mol. The first-order valence-electron chi connectivity index (χ1n) is 7.89. The minimum absolute atomic E-state index is 0.681. The smallest absolute Gasteiger partial charge is 0.00430 e. The van der Waals surface area contributed by atoms with Crippen LogP contribution in [0.2, 0.25) is 0 Å². The summed E-state index contributed by atoms with van der Waals surface area (Å²) >= 11 is 0. The molecule has 1 nitrogen and oxygen atoms in total. The van der Waals surface area contributed by atoms with E-state index in [0.717, 1.165) is 18.4 Å². The lowest BCUT2D eigenvalue weighted by molar-refractivity contribution is 0.253. The van der Waals surface area contributed by atoms with Crippen molar-refractivity contribution in [1.29, 1.82) is 0 Å². The molecule has 1 aliphatic carbocycles. The Balaban J connectivity index is 2.18. The molecule has 0 aliphatic heterocycles. The van der Waals surface area contributed by atoms with Gasteiger partial charge in [-0.05, 0) is 60.6 Å². The largest absolute Gasteiger partial charge is 0.330 e. The average molecular weight is 259 g/mol. The predicted molar refractivity (Wildman–Crippen MR) is 83.3 cm³/mol. The summed E-state index contributed by atoms with van der Waals surface area (Å²) in [5.74, 6) is 2.94. The highest BCUT2D eigenvalue weighted by molar-refractivity contribution is 5.28. The lowest BCUT2D eigenvalue weighted by atomic mass is 9.71. The number of benzene rings is 1. The van der Waals surface area contributed by atoms with Gasteiger partial charge in [-0.1, -0.05) is 51.5 Å². The summed E-state index contributed by atoms with van der Waals surface area (Å²) in [6.07, 6.45) is 5.15. The van der Waals surface area contributed by atoms with Crippen molar-refractivity contribution in [3.63, 3.8) is 0 Å². The van der Waals surface area contributed by atoms with Crippen LogP contribution in [0, 0.1) is 17.8 Å². The Kier molecular flexibility index (Phi) is 5.04. The van der Waals surface area contributed by atoms with E-state index in [1.165, 1.54) is 36.8 Å². The van der Waals surface area contributed by atoms with Crippen molar-refractivity contribution in [3.05, 3.63) is 35.4 Å². The second kappa shape index (κ2) is 6.56. The van der Waals surface area contributed by atoms with Crippen molar-refractivity contribution in [2.24, 2.45) is 23.5 Å². The standard InChI is InChI=1S/C18H29N/c1-13(2)9-15-5-4-6-16(11-15)18-10-14(3)7-8-17(18)12-19/h4-6,11,13-14,17-18H,7-10,12,19H2,1-3H3. The highest BCUT2D eigenvalue weighted by Gasteiger charge is 2.28. The topological polar surface area (TPSA) is 26.0 Å². The fourth-order valence-electron chi connectivity index (χ4n) is 3.56. The van der Waals surface area contributed by atoms with Crippen molar-refractivity contribution in [1.82, 2.24) is 0 Å². The van der Waals surface area contributed by atoms with E-state index < -0.39 is 0 Å². The summed E-state index contributed by atoms with van der Waals surface area (Å²) in [6, 6.07) is 9.26. The molecule has 1 aromatic rings. The molecule has 19 heavy (non-hydrogen) atoms. The van der Waals surface area contributed by atoms with Crippen LogP contribution >= 0.6 is 0 Å². The Morgan fingerprint density at radius 2 is 2.05 bits per heavy atom. The lowest BCUT2D eigenvalue weighted by Gasteiger charge is -2.34. The third-order valence-corrected chi connectivity index (χ3v) is 4.58. The van der Waals surface area contributed by atoms with E-state index in [0.29, 0.717) is 11.8 Å². The summed E-state index contributed by atoms with van der Waals surface area (Å²) in [4.78, 5) is 0. The molecule has 3 unspecified atom stereocenters. The number of hydrogen-bond donors (Lipinski definition) is 1.